The van der Waals surface area contributed by atoms with Crippen LogP contribution < -0.4 is 0 Å². The zero-order chi connectivity index (χ0) is 14.0. The molecule has 0 radical (unpaired) electrons. The van der Waals surface area contributed by atoms with Crippen molar-refractivity contribution in [3.8, 4) is 0 Å². The molecule has 114 valence electrons. The number of hydrogen-bond acceptors (Lipinski definition) is 2. The van der Waals surface area contributed by atoms with E-state index in [0.717, 1.165) is 19.6 Å². The second-order valence-corrected chi connectivity index (χ2v) is 19.5. The Morgan fingerprint density at radius 2 is 1.21 bits per heavy atom. The molecule has 0 N–H and O–H groups in total. The second-order valence-electron chi connectivity index (χ2n) is 6.10. The van der Waals surface area contributed by atoms with E-state index in [2.05, 4.69) is 20.8 Å². The third kappa shape index (κ3) is 5.92. The van der Waals surface area contributed by atoms with Crippen molar-refractivity contribution in [2.75, 3.05) is 13.2 Å². The molecule has 2 nitrogen and oxygen atoms in total. The van der Waals surface area contributed by atoms with Gasteiger partial charge in [-0.2, -0.15) is 0 Å². The molecule has 0 saturated carbocycles. The Morgan fingerprint density at radius 3 is 1.58 bits per heavy atom. The third-order valence-corrected chi connectivity index (χ3v) is 19.8. The third-order valence-electron chi connectivity index (χ3n) is 4.41. The average Bonchev–Trinajstić information content (AvgIpc) is 2.48. The minimum atomic E-state index is -2.26. The summed E-state index contributed by atoms with van der Waals surface area (Å²) < 4.78 is 16.9. The zero-order valence-electron chi connectivity index (χ0n) is 13.4. The minimum absolute atomic E-state index is 0.271. The van der Waals surface area contributed by atoms with Gasteiger partial charge in [0.1, 0.15) is 0 Å². The van der Waals surface area contributed by atoms with E-state index < -0.39 is 18.4 Å². The average molecular weight is 377 g/mol. The quantitative estimate of drug-likeness (QED) is 0.491. The molecule has 1 aliphatic heterocycles. The predicted octanol–water partition coefficient (Wildman–Crippen LogP) is 5.14. The Bertz CT molecular complexity index is 193. The van der Waals surface area contributed by atoms with Gasteiger partial charge in [-0.05, 0) is 0 Å². The molecular weight excluding hydrogens is 343 g/mol. The molecule has 0 spiro atoms. The van der Waals surface area contributed by atoms with E-state index in [-0.39, 0.29) is 4.31 Å². The number of rotatable bonds is 10. The molecule has 1 saturated heterocycles. The summed E-state index contributed by atoms with van der Waals surface area (Å²) in [5.74, 6) is 0. The van der Waals surface area contributed by atoms with E-state index in [1.54, 1.807) is 0 Å². The first-order chi connectivity index (χ1) is 9.29. The number of unbranched alkanes of at least 4 members (excludes halogenated alkanes) is 3. The molecule has 0 unspecified atom stereocenters. The second kappa shape index (κ2) is 10.4. The van der Waals surface area contributed by atoms with Crippen LogP contribution in [0.15, 0.2) is 0 Å². The maximum atomic E-state index is 6.11. The summed E-state index contributed by atoms with van der Waals surface area (Å²) in [6.07, 6.45) is 9.25. The first-order valence-electron chi connectivity index (χ1n) is 8.52. The van der Waals surface area contributed by atoms with Crippen LogP contribution >= 0.6 is 0 Å². The van der Waals surface area contributed by atoms with Crippen molar-refractivity contribution in [1.29, 1.82) is 0 Å². The summed E-state index contributed by atoms with van der Waals surface area (Å²) >= 11 is -2.26. The van der Waals surface area contributed by atoms with Crippen LogP contribution in [0.25, 0.3) is 0 Å². The fourth-order valence-electron chi connectivity index (χ4n) is 3.16. The van der Waals surface area contributed by atoms with E-state index in [1.165, 1.54) is 51.8 Å². The van der Waals surface area contributed by atoms with Crippen molar-refractivity contribution >= 4 is 18.4 Å². The fourth-order valence-corrected chi connectivity index (χ4v) is 19.1. The number of hydrogen-bond donors (Lipinski definition) is 0. The molecule has 1 aliphatic rings. The van der Waals surface area contributed by atoms with Crippen molar-refractivity contribution in [3.63, 3.8) is 0 Å². The monoisotopic (exact) mass is 378 g/mol. The van der Waals surface area contributed by atoms with Gasteiger partial charge >= 0.3 is 124 Å². The van der Waals surface area contributed by atoms with Gasteiger partial charge in [-0.25, -0.2) is 0 Å². The van der Waals surface area contributed by atoms with Crippen LogP contribution in [-0.2, 0) is 9.47 Å². The van der Waals surface area contributed by atoms with E-state index in [9.17, 15) is 0 Å². The van der Waals surface area contributed by atoms with Gasteiger partial charge in [0, 0.05) is 0 Å². The molecular formula is C16H34O2Sn. The molecule has 0 aromatic carbocycles. The fraction of sp³-hybridized carbons (Fsp3) is 1.00. The van der Waals surface area contributed by atoms with Gasteiger partial charge in [-0.3, -0.25) is 0 Å². The summed E-state index contributed by atoms with van der Waals surface area (Å²) in [6.45, 7) is 8.83. The molecule has 1 heterocycles. The van der Waals surface area contributed by atoms with Crippen molar-refractivity contribution < 1.29 is 9.47 Å². The Balaban J connectivity index is 2.73. The van der Waals surface area contributed by atoms with Crippen molar-refractivity contribution in [3.05, 3.63) is 0 Å². The standard InChI is InChI=1S/C4H7O2.3C4H9.Sn/c1-2-5-4-6-3-1;3*1-3-4-2;/h4H,1-3H2;3*1,3-4H2,2H3;. The van der Waals surface area contributed by atoms with Crippen molar-refractivity contribution in [1.82, 2.24) is 0 Å². The van der Waals surface area contributed by atoms with Crippen molar-refractivity contribution in [2.45, 2.75) is 83.3 Å². The SMILES string of the molecule is CCC[CH2][Sn]([CH2]CCC)([CH2]CCC)[CH]1OCCCO1. The normalized spacial score (nSPS) is 17.8. The van der Waals surface area contributed by atoms with E-state index >= 15 is 0 Å². The van der Waals surface area contributed by atoms with Gasteiger partial charge < -0.3 is 0 Å². The summed E-state index contributed by atoms with van der Waals surface area (Å²) in [5.41, 5.74) is 0. The van der Waals surface area contributed by atoms with Crippen LogP contribution in [0.5, 0.6) is 0 Å². The molecule has 0 aromatic rings. The van der Waals surface area contributed by atoms with Crippen LogP contribution in [0.2, 0.25) is 13.3 Å². The van der Waals surface area contributed by atoms with Crippen LogP contribution in [0.1, 0.15) is 65.7 Å². The van der Waals surface area contributed by atoms with Gasteiger partial charge in [0.2, 0.25) is 0 Å². The number of ether oxygens (including phenoxy) is 2. The summed E-state index contributed by atoms with van der Waals surface area (Å²) in [6, 6.07) is 0. The molecule has 1 rings (SSSR count). The molecule has 0 bridgehead atoms. The molecule has 3 heteroatoms. The molecule has 0 amide bonds. The van der Waals surface area contributed by atoms with Crippen LogP contribution in [0.3, 0.4) is 0 Å². The maximum absolute atomic E-state index is 6.11. The van der Waals surface area contributed by atoms with E-state index in [0.29, 0.717) is 0 Å². The van der Waals surface area contributed by atoms with Crippen LogP contribution in [0, 0.1) is 0 Å². The van der Waals surface area contributed by atoms with Gasteiger partial charge in [0.25, 0.3) is 0 Å². The van der Waals surface area contributed by atoms with Crippen molar-refractivity contribution in [2.24, 2.45) is 0 Å². The van der Waals surface area contributed by atoms with Gasteiger partial charge in [0.15, 0.2) is 0 Å². The van der Waals surface area contributed by atoms with Gasteiger partial charge in [-0.1, -0.05) is 0 Å². The van der Waals surface area contributed by atoms with E-state index in [1.807, 2.05) is 0 Å². The molecule has 1 fully saturated rings. The van der Waals surface area contributed by atoms with Crippen LogP contribution in [-0.4, -0.2) is 35.9 Å². The summed E-state index contributed by atoms with van der Waals surface area (Å²) in [5, 5.41) is 0. The Labute approximate surface area is 124 Å². The first kappa shape index (κ1) is 17.8. The van der Waals surface area contributed by atoms with Gasteiger partial charge in [0.05, 0.1) is 0 Å². The summed E-state index contributed by atoms with van der Waals surface area (Å²) in [4.78, 5) is 0. The molecule has 19 heavy (non-hydrogen) atoms. The zero-order valence-corrected chi connectivity index (χ0v) is 16.2. The Kier molecular flexibility index (Phi) is 9.77. The van der Waals surface area contributed by atoms with Gasteiger partial charge in [-0.15, -0.1) is 0 Å². The summed E-state index contributed by atoms with van der Waals surface area (Å²) in [7, 11) is 0. The predicted molar refractivity (Wildman–Crippen MR) is 85.2 cm³/mol. The van der Waals surface area contributed by atoms with Crippen LogP contribution in [0.4, 0.5) is 0 Å². The Hall–Kier alpha value is 0.719. The first-order valence-corrected chi connectivity index (χ1v) is 16.2. The van der Waals surface area contributed by atoms with E-state index in [4.69, 9.17) is 9.47 Å². The topological polar surface area (TPSA) is 18.5 Å². The molecule has 0 atom stereocenters. The molecule has 0 aliphatic carbocycles. The molecule has 0 aromatic heterocycles. The Morgan fingerprint density at radius 1 is 0.789 bits per heavy atom.